The summed E-state index contributed by atoms with van der Waals surface area (Å²) in [4.78, 5) is 0. The predicted molar refractivity (Wildman–Crippen MR) is 54.5 cm³/mol. The van der Waals surface area contributed by atoms with Gasteiger partial charge in [-0.05, 0) is 30.9 Å². The fourth-order valence-electron chi connectivity index (χ4n) is 1.49. The van der Waals surface area contributed by atoms with Gasteiger partial charge in [0.05, 0.1) is 0 Å². The molecule has 1 rings (SSSR count). The lowest BCUT2D eigenvalue weighted by molar-refractivity contribution is 0.288. The summed E-state index contributed by atoms with van der Waals surface area (Å²) in [6, 6.07) is 6.36. The molecular formula is C11H17NO. The van der Waals surface area contributed by atoms with Crippen LogP contribution in [0.3, 0.4) is 0 Å². The van der Waals surface area contributed by atoms with Crippen LogP contribution < -0.4 is 5.73 Å². The summed E-state index contributed by atoms with van der Waals surface area (Å²) in [5, 5.41) is 8.70. The van der Waals surface area contributed by atoms with Gasteiger partial charge in [0.25, 0.3) is 0 Å². The monoisotopic (exact) mass is 179 g/mol. The molecule has 0 spiro atoms. The van der Waals surface area contributed by atoms with Gasteiger partial charge in [0.15, 0.2) is 0 Å². The van der Waals surface area contributed by atoms with Gasteiger partial charge in [-0.15, -0.1) is 0 Å². The number of hydrogen-bond donors (Lipinski definition) is 2. The maximum absolute atomic E-state index is 8.70. The number of hydrogen-bond acceptors (Lipinski definition) is 2. The minimum absolute atomic E-state index is 0.256. The number of benzene rings is 1. The van der Waals surface area contributed by atoms with Crippen LogP contribution in [0.5, 0.6) is 0 Å². The van der Waals surface area contributed by atoms with Crippen LogP contribution in [-0.2, 0) is 13.0 Å². The van der Waals surface area contributed by atoms with E-state index in [4.69, 9.17) is 10.8 Å². The second-order valence-corrected chi connectivity index (χ2v) is 3.36. The van der Waals surface area contributed by atoms with E-state index < -0.39 is 0 Å². The molecule has 0 aromatic heterocycles. The molecule has 2 heteroatoms. The van der Waals surface area contributed by atoms with Gasteiger partial charge in [0, 0.05) is 13.2 Å². The number of rotatable bonds is 4. The zero-order valence-corrected chi connectivity index (χ0v) is 8.09. The fraction of sp³-hybridized carbons (Fsp3) is 0.455. The Morgan fingerprint density at radius 1 is 1.23 bits per heavy atom. The average Bonchev–Trinajstić information content (AvgIpc) is 2.14. The quantitative estimate of drug-likeness (QED) is 0.733. The highest BCUT2D eigenvalue weighted by Crippen LogP contribution is 2.10. The molecule has 0 unspecified atom stereocenters. The van der Waals surface area contributed by atoms with E-state index in [9.17, 15) is 0 Å². The highest BCUT2D eigenvalue weighted by atomic mass is 16.2. The molecule has 0 amide bonds. The van der Waals surface area contributed by atoms with Gasteiger partial charge in [-0.2, -0.15) is 0 Å². The molecule has 2 nitrogen and oxygen atoms in total. The van der Waals surface area contributed by atoms with Gasteiger partial charge >= 0.3 is 0 Å². The largest absolute Gasteiger partial charge is 0.396 e. The number of aliphatic hydroxyl groups excluding tert-OH is 1. The first-order valence-corrected chi connectivity index (χ1v) is 4.66. The van der Waals surface area contributed by atoms with E-state index in [-0.39, 0.29) is 6.61 Å². The summed E-state index contributed by atoms with van der Waals surface area (Å²) in [5.41, 5.74) is 9.26. The molecule has 0 aliphatic rings. The van der Waals surface area contributed by atoms with E-state index in [1.165, 1.54) is 16.7 Å². The third kappa shape index (κ3) is 3.17. The van der Waals surface area contributed by atoms with Gasteiger partial charge in [0.1, 0.15) is 0 Å². The Kier molecular flexibility index (Phi) is 3.93. The minimum atomic E-state index is 0.256. The standard InChI is InChI=1S/C11H17NO/c1-9-5-10(3-2-4-13)7-11(6-9)8-12/h5-7,13H,2-4,8,12H2,1H3. The van der Waals surface area contributed by atoms with Gasteiger partial charge in [-0.3, -0.25) is 0 Å². The van der Waals surface area contributed by atoms with Crippen LogP contribution in [-0.4, -0.2) is 11.7 Å². The molecule has 0 saturated heterocycles. The maximum Gasteiger partial charge on any atom is 0.0434 e. The molecule has 0 atom stereocenters. The van der Waals surface area contributed by atoms with Crippen molar-refractivity contribution in [1.82, 2.24) is 0 Å². The summed E-state index contributed by atoms with van der Waals surface area (Å²) >= 11 is 0. The highest BCUT2D eigenvalue weighted by Gasteiger charge is 1.97. The molecule has 0 aliphatic carbocycles. The molecule has 0 bridgehead atoms. The van der Waals surface area contributed by atoms with Crippen molar-refractivity contribution in [3.8, 4) is 0 Å². The van der Waals surface area contributed by atoms with Crippen LogP contribution in [0, 0.1) is 6.92 Å². The van der Waals surface area contributed by atoms with Crippen molar-refractivity contribution < 1.29 is 5.11 Å². The van der Waals surface area contributed by atoms with E-state index in [0.29, 0.717) is 6.54 Å². The summed E-state index contributed by atoms with van der Waals surface area (Å²) in [5.74, 6) is 0. The van der Waals surface area contributed by atoms with Crippen LogP contribution in [0.1, 0.15) is 23.1 Å². The smallest absolute Gasteiger partial charge is 0.0434 e. The third-order valence-electron chi connectivity index (χ3n) is 2.06. The molecule has 0 radical (unpaired) electrons. The van der Waals surface area contributed by atoms with E-state index in [0.717, 1.165) is 12.8 Å². The molecule has 3 N–H and O–H groups in total. The van der Waals surface area contributed by atoms with E-state index in [1.54, 1.807) is 0 Å². The lowest BCUT2D eigenvalue weighted by atomic mass is 10.0. The lowest BCUT2D eigenvalue weighted by Crippen LogP contribution is -1.99. The van der Waals surface area contributed by atoms with Crippen molar-refractivity contribution in [3.05, 3.63) is 34.9 Å². The van der Waals surface area contributed by atoms with Crippen molar-refractivity contribution in [2.45, 2.75) is 26.3 Å². The van der Waals surface area contributed by atoms with Gasteiger partial charge in [-0.25, -0.2) is 0 Å². The molecule has 72 valence electrons. The zero-order valence-electron chi connectivity index (χ0n) is 8.09. The molecule has 0 saturated carbocycles. The molecule has 0 aliphatic heterocycles. The minimum Gasteiger partial charge on any atom is -0.396 e. The second-order valence-electron chi connectivity index (χ2n) is 3.36. The Hall–Kier alpha value is -0.860. The molecule has 1 aromatic rings. The summed E-state index contributed by atoms with van der Waals surface area (Å²) in [6.07, 6.45) is 1.76. The number of aliphatic hydroxyl groups is 1. The lowest BCUT2D eigenvalue weighted by Gasteiger charge is -2.05. The van der Waals surface area contributed by atoms with Crippen LogP contribution in [0.15, 0.2) is 18.2 Å². The first-order chi connectivity index (χ1) is 6.26. The van der Waals surface area contributed by atoms with Crippen molar-refractivity contribution in [2.24, 2.45) is 5.73 Å². The molecule has 1 aromatic carbocycles. The first kappa shape index (κ1) is 10.2. The van der Waals surface area contributed by atoms with Crippen molar-refractivity contribution in [2.75, 3.05) is 6.61 Å². The predicted octanol–water partition coefficient (Wildman–Crippen LogP) is 1.38. The molecule has 13 heavy (non-hydrogen) atoms. The number of nitrogens with two attached hydrogens (primary N) is 1. The average molecular weight is 179 g/mol. The first-order valence-electron chi connectivity index (χ1n) is 4.66. The zero-order chi connectivity index (χ0) is 9.68. The fourth-order valence-corrected chi connectivity index (χ4v) is 1.49. The number of aryl methyl sites for hydroxylation is 2. The highest BCUT2D eigenvalue weighted by molar-refractivity contribution is 5.29. The SMILES string of the molecule is Cc1cc(CN)cc(CCCO)c1. The summed E-state index contributed by atoms with van der Waals surface area (Å²) in [7, 11) is 0. The molecular weight excluding hydrogens is 162 g/mol. The van der Waals surface area contributed by atoms with Gasteiger partial charge < -0.3 is 10.8 Å². The Morgan fingerprint density at radius 2 is 1.92 bits per heavy atom. The van der Waals surface area contributed by atoms with Gasteiger partial charge in [0.2, 0.25) is 0 Å². The van der Waals surface area contributed by atoms with E-state index in [1.807, 2.05) is 0 Å². The third-order valence-corrected chi connectivity index (χ3v) is 2.06. The Bertz CT molecular complexity index is 271. The van der Waals surface area contributed by atoms with Crippen LogP contribution >= 0.6 is 0 Å². The Morgan fingerprint density at radius 3 is 2.54 bits per heavy atom. The van der Waals surface area contributed by atoms with Crippen LogP contribution in [0.25, 0.3) is 0 Å². The maximum atomic E-state index is 8.70. The Balaban J connectivity index is 2.76. The van der Waals surface area contributed by atoms with Crippen molar-refractivity contribution >= 4 is 0 Å². The topological polar surface area (TPSA) is 46.2 Å². The molecule has 0 fully saturated rings. The van der Waals surface area contributed by atoms with Crippen LogP contribution in [0.4, 0.5) is 0 Å². The van der Waals surface area contributed by atoms with Crippen molar-refractivity contribution in [3.63, 3.8) is 0 Å². The summed E-state index contributed by atoms with van der Waals surface area (Å²) < 4.78 is 0. The summed E-state index contributed by atoms with van der Waals surface area (Å²) in [6.45, 7) is 2.92. The van der Waals surface area contributed by atoms with Crippen LogP contribution in [0.2, 0.25) is 0 Å². The Labute approximate surface area is 79.4 Å². The molecule has 0 heterocycles. The van der Waals surface area contributed by atoms with E-state index in [2.05, 4.69) is 25.1 Å². The van der Waals surface area contributed by atoms with E-state index >= 15 is 0 Å². The normalized spacial score (nSPS) is 10.4. The second kappa shape index (κ2) is 5.00. The van der Waals surface area contributed by atoms with Crippen molar-refractivity contribution in [1.29, 1.82) is 0 Å². The van der Waals surface area contributed by atoms with Gasteiger partial charge in [-0.1, -0.05) is 23.8 Å².